The van der Waals surface area contributed by atoms with Crippen LogP contribution in [0.5, 0.6) is 0 Å². The van der Waals surface area contributed by atoms with Crippen LogP contribution in [0.25, 0.3) is 21.9 Å². The van der Waals surface area contributed by atoms with E-state index < -0.39 is 0 Å². The Balaban J connectivity index is 2.17. The highest BCUT2D eigenvalue weighted by atomic mass is 14.3. The van der Waals surface area contributed by atoms with Crippen molar-refractivity contribution in [3.05, 3.63) is 70.3 Å². The Morgan fingerprint density at radius 3 is 2.40 bits per heavy atom. The van der Waals surface area contributed by atoms with E-state index >= 15 is 0 Å². The Labute approximate surface area is 120 Å². The van der Waals surface area contributed by atoms with Crippen molar-refractivity contribution in [1.82, 2.24) is 0 Å². The summed E-state index contributed by atoms with van der Waals surface area (Å²) in [5.41, 5.74) is 10.0. The standard InChI is InChI=1S/C20H18/c1-12-4-6-15-10-14(3)17-11-16-7-5-13(2)9-19(16)20(17)18(15)8-12/h4-10H,11H2,1-3H3. The maximum atomic E-state index is 2.35. The van der Waals surface area contributed by atoms with Gasteiger partial charge < -0.3 is 0 Å². The van der Waals surface area contributed by atoms with Crippen LogP contribution in [0.15, 0.2) is 42.5 Å². The van der Waals surface area contributed by atoms with Crippen LogP contribution in [0.1, 0.15) is 27.8 Å². The second-order valence-electron chi connectivity index (χ2n) is 6.11. The van der Waals surface area contributed by atoms with Gasteiger partial charge in [-0.25, -0.2) is 0 Å². The third-order valence-electron chi connectivity index (χ3n) is 4.53. The molecule has 3 aromatic carbocycles. The molecule has 0 saturated heterocycles. The zero-order valence-corrected chi connectivity index (χ0v) is 12.2. The molecule has 4 rings (SSSR count). The highest BCUT2D eigenvalue weighted by Gasteiger charge is 2.22. The van der Waals surface area contributed by atoms with Crippen LogP contribution in [0.2, 0.25) is 0 Å². The number of hydrogen-bond acceptors (Lipinski definition) is 0. The Kier molecular flexibility index (Phi) is 2.32. The highest BCUT2D eigenvalue weighted by molar-refractivity contribution is 6.02. The maximum Gasteiger partial charge on any atom is -0.00106 e. The van der Waals surface area contributed by atoms with Gasteiger partial charge in [-0.05, 0) is 65.8 Å². The average molecular weight is 258 g/mol. The molecule has 0 heterocycles. The first-order chi connectivity index (χ1) is 9.63. The molecule has 0 aliphatic heterocycles. The SMILES string of the molecule is Cc1ccc2c(c1)-c1c(c(C)cc3ccc(C)cc13)C2. The minimum Gasteiger partial charge on any atom is -0.0590 e. The number of fused-ring (bicyclic) bond motifs is 5. The second kappa shape index (κ2) is 3.96. The number of benzene rings is 3. The summed E-state index contributed by atoms with van der Waals surface area (Å²) in [6, 6.07) is 16.0. The molecule has 98 valence electrons. The van der Waals surface area contributed by atoms with Crippen LogP contribution in [0, 0.1) is 20.8 Å². The normalized spacial score (nSPS) is 12.6. The zero-order chi connectivity index (χ0) is 13.9. The molecule has 1 aliphatic rings. The summed E-state index contributed by atoms with van der Waals surface area (Å²) in [6.07, 6.45) is 1.08. The lowest BCUT2D eigenvalue weighted by molar-refractivity contribution is 1.22. The van der Waals surface area contributed by atoms with Crippen LogP contribution < -0.4 is 0 Å². The van der Waals surface area contributed by atoms with Crippen LogP contribution in [0.3, 0.4) is 0 Å². The minimum atomic E-state index is 1.08. The van der Waals surface area contributed by atoms with Crippen LogP contribution in [0.4, 0.5) is 0 Å². The van der Waals surface area contributed by atoms with E-state index in [1.165, 1.54) is 49.7 Å². The van der Waals surface area contributed by atoms with Crippen molar-refractivity contribution in [3.8, 4) is 11.1 Å². The fourth-order valence-corrected chi connectivity index (χ4v) is 3.50. The smallest absolute Gasteiger partial charge is 0.00106 e. The van der Waals surface area contributed by atoms with E-state index in [0.717, 1.165) is 6.42 Å². The van der Waals surface area contributed by atoms with Gasteiger partial charge in [-0.15, -0.1) is 0 Å². The van der Waals surface area contributed by atoms with Gasteiger partial charge in [0.1, 0.15) is 0 Å². The lowest BCUT2D eigenvalue weighted by atomic mass is 9.93. The maximum absolute atomic E-state index is 2.35. The van der Waals surface area contributed by atoms with Crippen LogP contribution in [-0.2, 0) is 6.42 Å². The lowest BCUT2D eigenvalue weighted by Gasteiger charge is -2.11. The van der Waals surface area contributed by atoms with Gasteiger partial charge in [-0.2, -0.15) is 0 Å². The largest absolute Gasteiger partial charge is 0.0590 e. The first kappa shape index (κ1) is 11.7. The van der Waals surface area contributed by atoms with Crippen molar-refractivity contribution < 1.29 is 0 Å². The van der Waals surface area contributed by atoms with E-state index in [9.17, 15) is 0 Å². The Morgan fingerprint density at radius 2 is 1.55 bits per heavy atom. The summed E-state index contributed by atoms with van der Waals surface area (Å²) < 4.78 is 0. The van der Waals surface area contributed by atoms with Gasteiger partial charge in [-0.3, -0.25) is 0 Å². The number of hydrogen-bond donors (Lipinski definition) is 0. The van der Waals surface area contributed by atoms with Crippen molar-refractivity contribution in [1.29, 1.82) is 0 Å². The Morgan fingerprint density at radius 1 is 0.800 bits per heavy atom. The molecular weight excluding hydrogens is 240 g/mol. The van der Waals surface area contributed by atoms with Gasteiger partial charge in [0, 0.05) is 0 Å². The third kappa shape index (κ3) is 1.54. The van der Waals surface area contributed by atoms with Crippen LogP contribution in [-0.4, -0.2) is 0 Å². The molecule has 0 heteroatoms. The average Bonchev–Trinajstić information content (AvgIpc) is 2.79. The molecule has 3 aromatic rings. The molecule has 0 radical (unpaired) electrons. The van der Waals surface area contributed by atoms with Crippen molar-refractivity contribution >= 4 is 10.8 Å². The molecule has 0 atom stereocenters. The molecular formula is C20H18. The Hall–Kier alpha value is -2.08. The molecule has 20 heavy (non-hydrogen) atoms. The van der Waals surface area contributed by atoms with Gasteiger partial charge >= 0.3 is 0 Å². The first-order valence-electron chi connectivity index (χ1n) is 7.26. The van der Waals surface area contributed by atoms with Gasteiger partial charge in [0.15, 0.2) is 0 Å². The van der Waals surface area contributed by atoms with E-state index in [0.29, 0.717) is 0 Å². The van der Waals surface area contributed by atoms with Crippen molar-refractivity contribution in [2.75, 3.05) is 0 Å². The molecule has 0 unspecified atom stereocenters. The van der Waals surface area contributed by atoms with E-state index in [1.807, 2.05) is 0 Å². The summed E-state index contributed by atoms with van der Waals surface area (Å²) in [5, 5.41) is 2.77. The number of rotatable bonds is 0. The predicted molar refractivity (Wildman–Crippen MR) is 86.4 cm³/mol. The molecule has 0 spiro atoms. The van der Waals surface area contributed by atoms with Crippen molar-refractivity contribution in [2.45, 2.75) is 27.2 Å². The monoisotopic (exact) mass is 258 g/mol. The molecule has 0 N–H and O–H groups in total. The quantitative estimate of drug-likeness (QED) is 0.399. The lowest BCUT2D eigenvalue weighted by Crippen LogP contribution is -1.89. The molecule has 0 fully saturated rings. The van der Waals surface area contributed by atoms with E-state index in [-0.39, 0.29) is 0 Å². The Bertz CT molecular complexity index is 854. The summed E-state index contributed by atoms with van der Waals surface area (Å²) in [7, 11) is 0. The molecule has 1 aliphatic carbocycles. The minimum absolute atomic E-state index is 1.08. The zero-order valence-electron chi connectivity index (χ0n) is 12.2. The first-order valence-corrected chi connectivity index (χ1v) is 7.26. The van der Waals surface area contributed by atoms with Gasteiger partial charge in [0.2, 0.25) is 0 Å². The van der Waals surface area contributed by atoms with Gasteiger partial charge in [0.25, 0.3) is 0 Å². The third-order valence-corrected chi connectivity index (χ3v) is 4.53. The number of aryl methyl sites for hydroxylation is 3. The molecule has 0 amide bonds. The summed E-state index contributed by atoms with van der Waals surface area (Å²) in [6.45, 7) is 6.61. The summed E-state index contributed by atoms with van der Waals surface area (Å²) in [4.78, 5) is 0. The van der Waals surface area contributed by atoms with E-state index in [1.54, 1.807) is 0 Å². The van der Waals surface area contributed by atoms with Crippen molar-refractivity contribution in [3.63, 3.8) is 0 Å². The fourth-order valence-electron chi connectivity index (χ4n) is 3.50. The molecule has 0 bridgehead atoms. The van der Waals surface area contributed by atoms with Crippen LogP contribution >= 0.6 is 0 Å². The summed E-state index contributed by atoms with van der Waals surface area (Å²) >= 11 is 0. The predicted octanol–water partition coefficient (Wildman–Crippen LogP) is 5.34. The van der Waals surface area contributed by atoms with E-state index in [2.05, 4.69) is 63.2 Å². The summed E-state index contributed by atoms with van der Waals surface area (Å²) in [5.74, 6) is 0. The fraction of sp³-hybridized carbons (Fsp3) is 0.200. The second-order valence-corrected chi connectivity index (χ2v) is 6.11. The van der Waals surface area contributed by atoms with Gasteiger partial charge in [-0.1, -0.05) is 53.6 Å². The molecule has 0 nitrogen and oxygen atoms in total. The van der Waals surface area contributed by atoms with Gasteiger partial charge in [0.05, 0.1) is 0 Å². The molecule has 0 aromatic heterocycles. The molecule has 0 saturated carbocycles. The highest BCUT2D eigenvalue weighted by Crippen LogP contribution is 2.43. The van der Waals surface area contributed by atoms with Crippen molar-refractivity contribution in [2.24, 2.45) is 0 Å². The van der Waals surface area contributed by atoms with E-state index in [4.69, 9.17) is 0 Å². The topological polar surface area (TPSA) is 0 Å².